The second kappa shape index (κ2) is 6.11. The fourth-order valence-corrected chi connectivity index (χ4v) is 2.03. The Balaban J connectivity index is 2.05. The van der Waals surface area contributed by atoms with Gasteiger partial charge >= 0.3 is 0 Å². The third-order valence-corrected chi connectivity index (χ3v) is 3.32. The number of amides is 1. The Bertz CT molecular complexity index is 643. The number of benzene rings is 1. The largest absolute Gasteiger partial charge is 0.409 e. The lowest BCUT2D eigenvalue weighted by molar-refractivity contribution is 0.0954. The highest BCUT2D eigenvalue weighted by Gasteiger charge is 2.10. The van der Waals surface area contributed by atoms with Crippen LogP contribution in [-0.4, -0.2) is 21.9 Å². The maximum atomic E-state index is 13.8. The number of halogens is 1. The summed E-state index contributed by atoms with van der Waals surface area (Å²) < 4.78 is 13.8. The minimum atomic E-state index is -0.543. The molecule has 0 bridgehead atoms. The van der Waals surface area contributed by atoms with Gasteiger partial charge in [0.05, 0.1) is 11.7 Å². The first-order valence-corrected chi connectivity index (χ1v) is 6.43. The van der Waals surface area contributed by atoms with Crippen molar-refractivity contribution in [2.75, 3.05) is 0 Å². The average Bonchev–Trinajstić information content (AvgIpc) is 2.99. The number of aromatic nitrogens is 1. The molecule has 0 fully saturated rings. The molecule has 4 N–H and O–H groups in total. The van der Waals surface area contributed by atoms with E-state index in [2.05, 4.69) is 15.5 Å². The highest BCUT2D eigenvalue weighted by Crippen LogP contribution is 2.11. The molecule has 0 aliphatic rings. The van der Waals surface area contributed by atoms with Crippen LogP contribution in [0, 0.1) is 5.82 Å². The normalized spacial score (nSPS) is 11.3. The van der Waals surface area contributed by atoms with Crippen LogP contribution in [0.5, 0.6) is 0 Å². The van der Waals surface area contributed by atoms with Crippen LogP contribution in [0.15, 0.2) is 35.1 Å². The zero-order valence-corrected chi connectivity index (χ0v) is 11.0. The van der Waals surface area contributed by atoms with E-state index in [1.165, 1.54) is 29.7 Å². The van der Waals surface area contributed by atoms with Crippen molar-refractivity contribution >= 4 is 23.1 Å². The van der Waals surface area contributed by atoms with Gasteiger partial charge in [0.2, 0.25) is 0 Å². The summed E-state index contributed by atoms with van der Waals surface area (Å²) in [6, 6.07) is 4.12. The van der Waals surface area contributed by atoms with Gasteiger partial charge in [-0.05, 0) is 6.07 Å². The molecule has 0 saturated carbocycles. The molecule has 8 heteroatoms. The number of hydrogen-bond acceptors (Lipinski definition) is 5. The minimum Gasteiger partial charge on any atom is -0.409 e. The number of oxime groups is 1. The molecule has 2 rings (SSSR count). The van der Waals surface area contributed by atoms with Crippen molar-refractivity contribution in [1.82, 2.24) is 10.3 Å². The van der Waals surface area contributed by atoms with E-state index in [1.54, 1.807) is 5.51 Å². The summed E-state index contributed by atoms with van der Waals surface area (Å²) in [6.45, 7) is 0.0407. The molecule has 0 aliphatic heterocycles. The summed E-state index contributed by atoms with van der Waals surface area (Å²) in [5.74, 6) is -1.03. The number of carbonyl (C=O) groups excluding carboxylic acids is 1. The SMILES string of the molecule is N/C(=N/O)c1ccc(CNC(=O)c2cncs2)c(F)c1. The molecule has 0 aliphatic carbocycles. The van der Waals surface area contributed by atoms with E-state index < -0.39 is 5.82 Å². The zero-order chi connectivity index (χ0) is 14.5. The van der Waals surface area contributed by atoms with E-state index in [4.69, 9.17) is 10.9 Å². The lowest BCUT2D eigenvalue weighted by Crippen LogP contribution is -2.22. The van der Waals surface area contributed by atoms with Crippen LogP contribution in [0.3, 0.4) is 0 Å². The molecule has 20 heavy (non-hydrogen) atoms. The summed E-state index contributed by atoms with van der Waals surface area (Å²) in [6.07, 6.45) is 1.44. The number of nitrogens with zero attached hydrogens (tertiary/aromatic N) is 2. The molecule has 6 nitrogen and oxygen atoms in total. The van der Waals surface area contributed by atoms with Gasteiger partial charge in [0.25, 0.3) is 5.91 Å². The molecule has 1 aromatic carbocycles. The molecular formula is C12H11FN4O2S. The Morgan fingerprint density at radius 1 is 1.55 bits per heavy atom. The monoisotopic (exact) mass is 294 g/mol. The van der Waals surface area contributed by atoms with Gasteiger partial charge in [-0.15, -0.1) is 11.3 Å². The molecule has 2 aromatic rings. The number of nitrogens with two attached hydrogens (primary N) is 1. The number of amidine groups is 1. The first-order chi connectivity index (χ1) is 9.61. The highest BCUT2D eigenvalue weighted by atomic mass is 32.1. The molecule has 0 atom stereocenters. The average molecular weight is 294 g/mol. The summed E-state index contributed by atoms with van der Waals surface area (Å²) in [5, 5.41) is 13.9. The van der Waals surface area contributed by atoms with E-state index in [0.29, 0.717) is 10.4 Å². The van der Waals surface area contributed by atoms with Crippen molar-refractivity contribution in [3.8, 4) is 0 Å². The predicted octanol–water partition coefficient (Wildman–Crippen LogP) is 1.31. The van der Waals surface area contributed by atoms with Gasteiger partial charge in [0.15, 0.2) is 5.84 Å². The fourth-order valence-electron chi connectivity index (χ4n) is 1.50. The van der Waals surface area contributed by atoms with Crippen LogP contribution >= 0.6 is 11.3 Å². The summed E-state index contributed by atoms with van der Waals surface area (Å²) in [5.41, 5.74) is 7.47. The van der Waals surface area contributed by atoms with Crippen molar-refractivity contribution in [3.63, 3.8) is 0 Å². The topological polar surface area (TPSA) is 101 Å². The van der Waals surface area contributed by atoms with Crippen LogP contribution in [0.4, 0.5) is 4.39 Å². The smallest absolute Gasteiger partial charge is 0.263 e. The molecule has 1 aromatic heterocycles. The van der Waals surface area contributed by atoms with E-state index in [0.717, 1.165) is 6.07 Å². The molecule has 0 radical (unpaired) electrons. The molecular weight excluding hydrogens is 283 g/mol. The molecule has 0 unspecified atom stereocenters. The standard InChI is InChI=1S/C12H11FN4O2S/c13-9-3-7(11(14)17-19)1-2-8(9)4-16-12(18)10-5-15-6-20-10/h1-3,5-6,19H,4H2,(H2,14,17)(H,16,18). The maximum Gasteiger partial charge on any atom is 0.263 e. The van der Waals surface area contributed by atoms with Gasteiger partial charge in [-0.2, -0.15) is 0 Å². The van der Waals surface area contributed by atoms with Gasteiger partial charge in [-0.1, -0.05) is 17.3 Å². The number of hydrogen-bond donors (Lipinski definition) is 3. The second-order valence-electron chi connectivity index (χ2n) is 3.84. The van der Waals surface area contributed by atoms with E-state index >= 15 is 0 Å². The first-order valence-electron chi connectivity index (χ1n) is 5.55. The molecule has 104 valence electrons. The van der Waals surface area contributed by atoms with E-state index in [-0.39, 0.29) is 23.9 Å². The summed E-state index contributed by atoms with van der Waals surface area (Å²) in [7, 11) is 0. The van der Waals surface area contributed by atoms with E-state index in [1.807, 2.05) is 0 Å². The molecule has 0 saturated heterocycles. The second-order valence-corrected chi connectivity index (χ2v) is 4.73. The third kappa shape index (κ3) is 3.09. The minimum absolute atomic E-state index is 0.0407. The quantitative estimate of drug-likeness (QED) is 0.342. The Morgan fingerprint density at radius 2 is 2.35 bits per heavy atom. The Kier molecular flexibility index (Phi) is 4.26. The fraction of sp³-hybridized carbons (Fsp3) is 0.0833. The predicted molar refractivity (Wildman–Crippen MR) is 72.2 cm³/mol. The molecule has 1 heterocycles. The van der Waals surface area contributed by atoms with Crippen LogP contribution in [-0.2, 0) is 6.54 Å². The van der Waals surface area contributed by atoms with E-state index in [9.17, 15) is 9.18 Å². The first kappa shape index (κ1) is 13.9. The number of nitrogens with one attached hydrogen (secondary N) is 1. The van der Waals surface area contributed by atoms with Crippen molar-refractivity contribution < 1.29 is 14.4 Å². The Labute approximate surface area is 117 Å². The van der Waals surface area contributed by atoms with Gasteiger partial charge in [-0.25, -0.2) is 4.39 Å². The van der Waals surface area contributed by atoms with Crippen LogP contribution < -0.4 is 11.1 Å². The van der Waals surface area contributed by atoms with Crippen LogP contribution in [0.25, 0.3) is 0 Å². The van der Waals surface area contributed by atoms with Gasteiger partial charge in [0, 0.05) is 17.7 Å². The summed E-state index contributed by atoms with van der Waals surface area (Å²) >= 11 is 1.20. The van der Waals surface area contributed by atoms with Crippen LogP contribution in [0.1, 0.15) is 20.8 Å². The van der Waals surface area contributed by atoms with Crippen molar-refractivity contribution in [3.05, 3.63) is 51.7 Å². The number of carbonyl (C=O) groups is 1. The van der Waals surface area contributed by atoms with Crippen molar-refractivity contribution in [1.29, 1.82) is 0 Å². The Hall–Kier alpha value is -2.48. The third-order valence-electron chi connectivity index (χ3n) is 2.55. The van der Waals surface area contributed by atoms with Gasteiger partial charge < -0.3 is 16.3 Å². The summed E-state index contributed by atoms with van der Waals surface area (Å²) in [4.78, 5) is 15.9. The highest BCUT2D eigenvalue weighted by molar-refractivity contribution is 7.11. The van der Waals surface area contributed by atoms with Crippen molar-refractivity contribution in [2.45, 2.75) is 6.54 Å². The number of rotatable bonds is 4. The van der Waals surface area contributed by atoms with Crippen LogP contribution in [0.2, 0.25) is 0 Å². The maximum absolute atomic E-state index is 13.8. The lowest BCUT2D eigenvalue weighted by Gasteiger charge is -2.06. The molecule has 1 amide bonds. The van der Waals surface area contributed by atoms with Gasteiger partial charge in [-0.3, -0.25) is 9.78 Å². The van der Waals surface area contributed by atoms with Gasteiger partial charge in [0.1, 0.15) is 10.7 Å². The zero-order valence-electron chi connectivity index (χ0n) is 10.2. The Morgan fingerprint density at radius 3 is 2.95 bits per heavy atom. The van der Waals surface area contributed by atoms with Crippen molar-refractivity contribution in [2.24, 2.45) is 10.9 Å². The lowest BCUT2D eigenvalue weighted by atomic mass is 10.1. The molecule has 0 spiro atoms. The number of thiazole rings is 1.